The number of benzene rings is 2. The van der Waals surface area contributed by atoms with Crippen LogP contribution >= 0.6 is 0 Å². The normalized spacial score (nSPS) is 20.5. The van der Waals surface area contributed by atoms with E-state index < -0.39 is 0 Å². The molecular formula is C50H76N4O2. The molecule has 3 unspecified atom stereocenters. The van der Waals surface area contributed by atoms with Crippen LogP contribution in [0.25, 0.3) is 5.57 Å². The van der Waals surface area contributed by atoms with Crippen molar-refractivity contribution in [3.8, 4) is 5.75 Å². The first-order valence-corrected chi connectivity index (χ1v) is 21.4. The van der Waals surface area contributed by atoms with Gasteiger partial charge in [-0.15, -0.1) is 0 Å². The van der Waals surface area contributed by atoms with Gasteiger partial charge in [-0.25, -0.2) is 0 Å². The molecule has 0 aliphatic carbocycles. The predicted octanol–water partition coefficient (Wildman–Crippen LogP) is 11.4. The first-order chi connectivity index (χ1) is 26.4. The molecule has 3 aliphatic rings. The summed E-state index contributed by atoms with van der Waals surface area (Å²) in [6, 6.07) is 11.8. The number of nitrogens with zero attached hydrogens (tertiary/aromatic N) is 4. The average Bonchev–Trinajstić information content (AvgIpc) is 3.16. The maximum Gasteiger partial charge on any atom is 0.250 e. The number of rotatable bonds is 10. The highest BCUT2D eigenvalue weighted by Gasteiger charge is 2.36. The van der Waals surface area contributed by atoms with Crippen molar-refractivity contribution in [3.05, 3.63) is 105 Å². The molecule has 6 heteroatoms. The standard InChI is InChI=1S/C46H66N4O2.C4H10/c1-15-38(33(7)46(10,11)12)45(51)50-20-19-40-36(17-16-18-39(40)35(50)9)25-49-22-21-48(28-43(49)29(2)3)27-41-30(4)23-37(24-44(41)52-14)42-26-47(13)34(8)31(5)32(42)6;1-3-4-2/h15-18,23-24,26,29,33,35,43H,8,19-22,25,27-28H2,1-7,9-14H3;3-4H2,1-2H3/b38-15-;. The van der Waals surface area contributed by atoms with Gasteiger partial charge in [-0.2, -0.15) is 0 Å². The molecule has 3 heterocycles. The van der Waals surface area contributed by atoms with E-state index in [0.29, 0.717) is 12.0 Å². The second-order valence-corrected chi connectivity index (χ2v) is 18.1. The molecule has 1 saturated heterocycles. The monoisotopic (exact) mass is 765 g/mol. The van der Waals surface area contributed by atoms with Crippen molar-refractivity contribution in [3.63, 3.8) is 0 Å². The summed E-state index contributed by atoms with van der Waals surface area (Å²) in [4.78, 5) is 23.5. The largest absolute Gasteiger partial charge is 0.496 e. The van der Waals surface area contributed by atoms with E-state index in [1.807, 2.05) is 13.0 Å². The van der Waals surface area contributed by atoms with Gasteiger partial charge >= 0.3 is 0 Å². The summed E-state index contributed by atoms with van der Waals surface area (Å²) in [5, 5.41) is 0. The Morgan fingerprint density at radius 2 is 1.68 bits per heavy atom. The molecule has 308 valence electrons. The zero-order valence-electron chi connectivity index (χ0n) is 38.0. The average molecular weight is 765 g/mol. The molecule has 56 heavy (non-hydrogen) atoms. The third kappa shape index (κ3) is 9.91. The lowest BCUT2D eigenvalue weighted by Crippen LogP contribution is -2.54. The Morgan fingerprint density at radius 3 is 2.27 bits per heavy atom. The number of aryl methyl sites for hydroxylation is 1. The lowest BCUT2D eigenvalue weighted by atomic mass is 9.76. The first kappa shape index (κ1) is 45.1. The van der Waals surface area contributed by atoms with Gasteiger partial charge in [0, 0.05) is 81.0 Å². The SMILES string of the molecule is C=C1C(C)=C(C)C(c2cc(C)c(CN3CCN(Cc4cccc5c4CCN(C(=O)/C(=C\C)C(C)C(C)(C)C)C5C)C(C(C)C)C3)c(OC)c2)=CN1C.CCCC. The van der Waals surface area contributed by atoms with Gasteiger partial charge in [-0.1, -0.05) is 105 Å². The van der Waals surface area contributed by atoms with Crippen LogP contribution in [0.1, 0.15) is 135 Å². The molecule has 0 N–H and O–H groups in total. The van der Waals surface area contributed by atoms with Crippen LogP contribution < -0.4 is 4.74 Å². The highest BCUT2D eigenvalue weighted by molar-refractivity contribution is 5.94. The maximum atomic E-state index is 13.9. The van der Waals surface area contributed by atoms with Crippen LogP contribution in [0.15, 0.2) is 71.6 Å². The zero-order chi connectivity index (χ0) is 41.6. The molecule has 5 rings (SSSR count). The van der Waals surface area contributed by atoms with E-state index in [1.54, 1.807) is 7.11 Å². The molecule has 2 aromatic carbocycles. The van der Waals surface area contributed by atoms with Gasteiger partial charge in [-0.3, -0.25) is 14.6 Å². The van der Waals surface area contributed by atoms with Crippen molar-refractivity contribution < 1.29 is 9.53 Å². The van der Waals surface area contributed by atoms with Crippen LogP contribution in [0.2, 0.25) is 0 Å². The van der Waals surface area contributed by atoms with E-state index >= 15 is 0 Å². The van der Waals surface area contributed by atoms with Crippen molar-refractivity contribution in [2.75, 3.05) is 40.3 Å². The van der Waals surface area contributed by atoms with Crippen LogP contribution in [0.3, 0.4) is 0 Å². The predicted molar refractivity (Wildman–Crippen MR) is 239 cm³/mol. The highest BCUT2D eigenvalue weighted by Crippen LogP contribution is 2.39. The third-order valence-corrected chi connectivity index (χ3v) is 13.2. The van der Waals surface area contributed by atoms with Crippen molar-refractivity contribution in [2.45, 2.75) is 134 Å². The summed E-state index contributed by atoms with van der Waals surface area (Å²) >= 11 is 0. The number of carbonyl (C=O) groups is 1. The maximum absolute atomic E-state index is 13.9. The van der Waals surface area contributed by atoms with E-state index in [0.717, 1.165) is 62.7 Å². The molecule has 0 spiro atoms. The van der Waals surface area contributed by atoms with Gasteiger partial charge < -0.3 is 14.5 Å². The van der Waals surface area contributed by atoms with E-state index in [1.165, 1.54) is 62.9 Å². The number of hydrogen-bond donors (Lipinski definition) is 0. The van der Waals surface area contributed by atoms with Gasteiger partial charge in [-0.05, 0) is 103 Å². The zero-order valence-corrected chi connectivity index (χ0v) is 38.0. The molecule has 1 fully saturated rings. The summed E-state index contributed by atoms with van der Waals surface area (Å²) in [5.74, 6) is 1.86. The van der Waals surface area contributed by atoms with E-state index in [-0.39, 0.29) is 23.3 Å². The van der Waals surface area contributed by atoms with Gasteiger partial charge in [0.2, 0.25) is 5.91 Å². The summed E-state index contributed by atoms with van der Waals surface area (Å²) in [6.45, 7) is 38.7. The molecule has 6 nitrogen and oxygen atoms in total. The minimum absolute atomic E-state index is 0.0328. The molecule has 0 radical (unpaired) electrons. The van der Waals surface area contributed by atoms with Gasteiger partial charge in [0.05, 0.1) is 13.2 Å². The molecule has 3 aliphatic heterocycles. The summed E-state index contributed by atoms with van der Waals surface area (Å²) < 4.78 is 6.07. The van der Waals surface area contributed by atoms with Crippen LogP contribution in [-0.4, -0.2) is 71.9 Å². The smallest absolute Gasteiger partial charge is 0.250 e. The Bertz CT molecular complexity index is 1810. The van der Waals surface area contributed by atoms with Crippen LogP contribution in [0.5, 0.6) is 5.75 Å². The Balaban J connectivity index is 0.00000166. The Labute approximate surface area is 342 Å². The van der Waals surface area contributed by atoms with Gasteiger partial charge in [0.25, 0.3) is 0 Å². The molecule has 3 atom stereocenters. The first-order valence-electron chi connectivity index (χ1n) is 21.4. The van der Waals surface area contributed by atoms with Crippen LogP contribution in [0, 0.1) is 24.2 Å². The molecule has 0 bridgehead atoms. The number of ether oxygens (including phenoxy) is 1. The van der Waals surface area contributed by atoms with Crippen molar-refractivity contribution in [1.29, 1.82) is 0 Å². The molecule has 2 aromatic rings. The fourth-order valence-electron chi connectivity index (χ4n) is 8.55. The molecule has 1 amide bonds. The third-order valence-electron chi connectivity index (χ3n) is 13.2. The minimum atomic E-state index is 0.0328. The highest BCUT2D eigenvalue weighted by atomic mass is 16.5. The quantitative estimate of drug-likeness (QED) is 0.225. The number of fused-ring (bicyclic) bond motifs is 1. The Morgan fingerprint density at radius 1 is 1.00 bits per heavy atom. The lowest BCUT2D eigenvalue weighted by Gasteiger charge is -2.44. The number of methoxy groups -OCH3 is 1. The topological polar surface area (TPSA) is 39.3 Å². The van der Waals surface area contributed by atoms with Crippen molar-refractivity contribution >= 4 is 11.5 Å². The Hall–Kier alpha value is -3.61. The number of carbonyl (C=O) groups excluding carboxylic acids is 1. The lowest BCUT2D eigenvalue weighted by molar-refractivity contribution is -0.130. The van der Waals surface area contributed by atoms with Crippen molar-refractivity contribution in [1.82, 2.24) is 19.6 Å². The minimum Gasteiger partial charge on any atom is -0.496 e. The molecule has 0 aromatic heterocycles. The second kappa shape index (κ2) is 19.2. The van der Waals surface area contributed by atoms with Crippen LogP contribution in [0.4, 0.5) is 0 Å². The summed E-state index contributed by atoms with van der Waals surface area (Å²) in [6.07, 6.45) is 7.78. The van der Waals surface area contributed by atoms with Crippen LogP contribution in [-0.2, 0) is 24.3 Å². The number of unbranched alkanes of at least 4 members (excludes halogenated alkanes) is 1. The Kier molecular flexibility index (Phi) is 15.5. The van der Waals surface area contributed by atoms with E-state index in [9.17, 15) is 4.79 Å². The van der Waals surface area contributed by atoms with Gasteiger partial charge in [0.1, 0.15) is 5.75 Å². The molecule has 0 saturated carbocycles. The fraction of sp³-hybridized carbons (Fsp3) is 0.580. The van der Waals surface area contributed by atoms with Gasteiger partial charge in [0.15, 0.2) is 0 Å². The summed E-state index contributed by atoms with van der Waals surface area (Å²) in [5.41, 5.74) is 13.6. The summed E-state index contributed by atoms with van der Waals surface area (Å²) in [7, 11) is 3.87. The second-order valence-electron chi connectivity index (χ2n) is 18.1. The van der Waals surface area contributed by atoms with E-state index in [2.05, 4.69) is 153 Å². The van der Waals surface area contributed by atoms with Crippen molar-refractivity contribution in [2.24, 2.45) is 17.3 Å². The van der Waals surface area contributed by atoms with E-state index in [4.69, 9.17) is 4.74 Å². The fourth-order valence-corrected chi connectivity index (χ4v) is 8.55. The number of allylic oxidation sites excluding steroid dienone is 4. The number of hydrogen-bond acceptors (Lipinski definition) is 5. The molecular weight excluding hydrogens is 689 g/mol. The number of piperazine rings is 1. The number of likely N-dealkylation sites (N-methyl/N-ethyl adjacent to an activating group) is 1. The number of amides is 1.